The van der Waals surface area contributed by atoms with Gasteiger partial charge in [0.15, 0.2) is 0 Å². The Kier molecular flexibility index (Phi) is 4.05. The normalized spacial score (nSPS) is 36.4. The van der Waals surface area contributed by atoms with Crippen LogP contribution in [0.5, 0.6) is 0 Å². The molecule has 3 rings (SSSR count). The van der Waals surface area contributed by atoms with Crippen molar-refractivity contribution < 1.29 is 19.0 Å². The minimum atomic E-state index is -0.0621. The predicted octanol–water partition coefficient (Wildman–Crippen LogP) is 0.818. The summed E-state index contributed by atoms with van der Waals surface area (Å²) in [6.45, 7) is 6.19. The molecule has 3 heterocycles. The van der Waals surface area contributed by atoms with Crippen molar-refractivity contribution in [2.75, 3.05) is 32.8 Å². The number of carbonyl (C=O) groups is 1. The average molecular weight is 269 g/mol. The van der Waals surface area contributed by atoms with Crippen molar-refractivity contribution in [3.05, 3.63) is 0 Å². The molecule has 3 saturated heterocycles. The van der Waals surface area contributed by atoms with Crippen LogP contribution in [0.1, 0.15) is 26.2 Å². The number of hydrogen-bond donors (Lipinski definition) is 0. The first kappa shape index (κ1) is 13.3. The van der Waals surface area contributed by atoms with Crippen LogP contribution in [0, 0.1) is 5.92 Å². The Morgan fingerprint density at radius 3 is 2.79 bits per heavy atom. The summed E-state index contributed by atoms with van der Waals surface area (Å²) in [5.41, 5.74) is 0. The van der Waals surface area contributed by atoms with E-state index in [2.05, 4.69) is 4.90 Å². The van der Waals surface area contributed by atoms with Crippen LogP contribution in [0.2, 0.25) is 0 Å². The third-order valence-corrected chi connectivity index (χ3v) is 4.35. The molecule has 3 fully saturated rings. The number of ether oxygens (including phenoxy) is 3. The van der Waals surface area contributed by atoms with Crippen molar-refractivity contribution in [2.24, 2.45) is 5.92 Å². The number of hydrogen-bond acceptors (Lipinski definition) is 5. The van der Waals surface area contributed by atoms with Gasteiger partial charge < -0.3 is 14.2 Å². The Morgan fingerprint density at radius 2 is 2.16 bits per heavy atom. The summed E-state index contributed by atoms with van der Waals surface area (Å²) < 4.78 is 16.6. The molecule has 3 unspecified atom stereocenters. The Balaban J connectivity index is 1.43. The number of morpholine rings is 1. The molecule has 0 spiro atoms. The second kappa shape index (κ2) is 5.77. The molecule has 0 aliphatic carbocycles. The molecule has 0 amide bonds. The fourth-order valence-corrected chi connectivity index (χ4v) is 3.36. The summed E-state index contributed by atoms with van der Waals surface area (Å²) >= 11 is 0. The maximum atomic E-state index is 12.1. The van der Waals surface area contributed by atoms with Gasteiger partial charge in [0.25, 0.3) is 0 Å². The average Bonchev–Trinajstić information content (AvgIpc) is 3.02. The first-order chi connectivity index (χ1) is 9.22. The first-order valence-electron chi connectivity index (χ1n) is 7.38. The van der Waals surface area contributed by atoms with Crippen LogP contribution in [-0.4, -0.2) is 62.0 Å². The molecule has 2 bridgehead atoms. The maximum absolute atomic E-state index is 12.1. The van der Waals surface area contributed by atoms with E-state index in [1.54, 1.807) is 0 Å². The molecule has 3 aliphatic heterocycles. The first-order valence-corrected chi connectivity index (χ1v) is 7.38. The predicted molar refractivity (Wildman–Crippen MR) is 68.8 cm³/mol. The number of rotatable bonds is 4. The molecule has 4 atom stereocenters. The zero-order valence-electron chi connectivity index (χ0n) is 11.5. The van der Waals surface area contributed by atoms with E-state index >= 15 is 0 Å². The molecular weight excluding hydrogens is 246 g/mol. The highest BCUT2D eigenvalue weighted by molar-refractivity contribution is 5.74. The Labute approximate surface area is 114 Å². The van der Waals surface area contributed by atoms with Gasteiger partial charge in [-0.25, -0.2) is 0 Å². The second-order valence-electron chi connectivity index (χ2n) is 5.88. The fourth-order valence-electron chi connectivity index (χ4n) is 3.36. The maximum Gasteiger partial charge on any atom is 0.311 e. The molecule has 0 aromatic rings. The molecular formula is C14H23NO4. The topological polar surface area (TPSA) is 48.0 Å². The molecule has 5 heteroatoms. The zero-order valence-corrected chi connectivity index (χ0v) is 11.5. The number of fused-ring (bicyclic) bond motifs is 2. The third kappa shape index (κ3) is 3.09. The van der Waals surface area contributed by atoms with Crippen LogP contribution in [0.15, 0.2) is 0 Å². The van der Waals surface area contributed by atoms with E-state index in [-0.39, 0.29) is 24.1 Å². The lowest BCUT2D eigenvalue weighted by Crippen LogP contribution is -2.42. The van der Waals surface area contributed by atoms with Crippen molar-refractivity contribution in [1.82, 2.24) is 4.90 Å². The van der Waals surface area contributed by atoms with Crippen LogP contribution >= 0.6 is 0 Å². The molecule has 0 radical (unpaired) electrons. The van der Waals surface area contributed by atoms with E-state index in [4.69, 9.17) is 14.2 Å². The van der Waals surface area contributed by atoms with Crippen LogP contribution < -0.4 is 0 Å². The van der Waals surface area contributed by atoms with Gasteiger partial charge >= 0.3 is 5.97 Å². The van der Waals surface area contributed by atoms with Gasteiger partial charge in [0, 0.05) is 19.6 Å². The summed E-state index contributed by atoms with van der Waals surface area (Å²) in [6.07, 6.45) is 3.35. The molecule has 3 aliphatic rings. The van der Waals surface area contributed by atoms with Crippen molar-refractivity contribution in [3.63, 3.8) is 0 Å². The van der Waals surface area contributed by atoms with Crippen molar-refractivity contribution in [3.8, 4) is 0 Å². The second-order valence-corrected chi connectivity index (χ2v) is 5.88. The van der Waals surface area contributed by atoms with E-state index in [1.807, 2.05) is 6.92 Å². The van der Waals surface area contributed by atoms with Crippen LogP contribution in [0.25, 0.3) is 0 Å². The van der Waals surface area contributed by atoms with Gasteiger partial charge in [-0.2, -0.15) is 0 Å². The summed E-state index contributed by atoms with van der Waals surface area (Å²) in [6, 6.07) is 0. The quantitative estimate of drug-likeness (QED) is 0.707. The van der Waals surface area contributed by atoms with Gasteiger partial charge in [-0.3, -0.25) is 9.69 Å². The summed E-state index contributed by atoms with van der Waals surface area (Å²) in [5, 5.41) is 0. The minimum Gasteiger partial charge on any atom is -0.461 e. The Hall–Kier alpha value is -0.650. The largest absolute Gasteiger partial charge is 0.461 e. The van der Waals surface area contributed by atoms with E-state index in [1.165, 1.54) is 0 Å². The molecule has 5 nitrogen and oxygen atoms in total. The van der Waals surface area contributed by atoms with E-state index in [9.17, 15) is 4.79 Å². The molecule has 0 aromatic heterocycles. The lowest BCUT2D eigenvalue weighted by molar-refractivity contribution is -0.156. The highest BCUT2D eigenvalue weighted by atomic mass is 16.6. The molecule has 19 heavy (non-hydrogen) atoms. The number of carbonyl (C=O) groups excluding carboxylic acids is 1. The molecule has 0 aromatic carbocycles. The fraction of sp³-hybridized carbons (Fsp3) is 0.929. The van der Waals surface area contributed by atoms with Gasteiger partial charge in [0.2, 0.25) is 0 Å². The zero-order chi connectivity index (χ0) is 13.2. The summed E-state index contributed by atoms with van der Waals surface area (Å²) in [4.78, 5) is 14.4. The van der Waals surface area contributed by atoms with E-state index in [0.717, 1.165) is 52.1 Å². The molecule has 108 valence electrons. The highest BCUT2D eigenvalue weighted by Crippen LogP contribution is 2.39. The van der Waals surface area contributed by atoms with Gasteiger partial charge in [-0.15, -0.1) is 0 Å². The van der Waals surface area contributed by atoms with Crippen LogP contribution in [0.4, 0.5) is 0 Å². The molecule has 0 N–H and O–H groups in total. The summed E-state index contributed by atoms with van der Waals surface area (Å²) in [7, 11) is 0. The highest BCUT2D eigenvalue weighted by Gasteiger charge is 2.45. The monoisotopic (exact) mass is 269 g/mol. The van der Waals surface area contributed by atoms with E-state index in [0.29, 0.717) is 6.10 Å². The van der Waals surface area contributed by atoms with Gasteiger partial charge in [0.05, 0.1) is 31.3 Å². The van der Waals surface area contributed by atoms with Gasteiger partial charge in [0.1, 0.15) is 6.10 Å². The van der Waals surface area contributed by atoms with Gasteiger partial charge in [-0.1, -0.05) is 0 Å². The van der Waals surface area contributed by atoms with E-state index < -0.39 is 0 Å². The minimum absolute atomic E-state index is 0.0223. The standard InChI is InChI=1S/C14H23NO4/c1-10(9-15-4-6-17-7-5-15)18-14(16)12-8-11-2-3-13(12)19-11/h10-13H,2-9H2,1H3/t10-,11?,12?,13?/m1/s1. The number of esters is 1. The third-order valence-electron chi connectivity index (χ3n) is 4.35. The van der Waals surface area contributed by atoms with Gasteiger partial charge in [-0.05, 0) is 26.2 Å². The smallest absolute Gasteiger partial charge is 0.311 e. The lowest BCUT2D eigenvalue weighted by Gasteiger charge is -2.29. The van der Waals surface area contributed by atoms with Crippen molar-refractivity contribution >= 4 is 5.97 Å². The van der Waals surface area contributed by atoms with Crippen molar-refractivity contribution in [2.45, 2.75) is 44.5 Å². The Morgan fingerprint density at radius 1 is 1.37 bits per heavy atom. The number of nitrogens with zero attached hydrogens (tertiary/aromatic N) is 1. The van der Waals surface area contributed by atoms with Crippen molar-refractivity contribution in [1.29, 1.82) is 0 Å². The van der Waals surface area contributed by atoms with Crippen LogP contribution in [-0.2, 0) is 19.0 Å². The SMILES string of the molecule is C[C@H](CN1CCOCC1)OC(=O)C1CC2CCC1O2. The Bertz CT molecular complexity index is 329. The molecule has 0 saturated carbocycles. The lowest BCUT2D eigenvalue weighted by atomic mass is 9.89. The van der Waals surface area contributed by atoms with Crippen LogP contribution in [0.3, 0.4) is 0 Å². The summed E-state index contributed by atoms with van der Waals surface area (Å²) in [5.74, 6) is -0.0844.